The van der Waals surface area contributed by atoms with E-state index in [1.165, 1.54) is 0 Å². The Hall–Kier alpha value is -2.80. The molecular weight excluding hydrogens is 356 g/mol. The summed E-state index contributed by atoms with van der Waals surface area (Å²) in [5.41, 5.74) is 4.09. The highest BCUT2D eigenvalue weighted by molar-refractivity contribution is 6.06. The summed E-state index contributed by atoms with van der Waals surface area (Å²) >= 11 is 0. The first-order valence-electron chi connectivity index (χ1n) is 9.35. The first kappa shape index (κ1) is 18.6. The maximum Gasteiger partial charge on any atom is 0.316 e. The molecule has 0 atom stereocenters. The van der Waals surface area contributed by atoms with Crippen LogP contribution >= 0.6 is 0 Å². The lowest BCUT2D eigenvalue weighted by Gasteiger charge is -2.25. The lowest BCUT2D eigenvalue weighted by Crippen LogP contribution is -2.38. The lowest BCUT2D eigenvalue weighted by atomic mass is 10.00. The number of aromatic nitrogens is 4. The average molecular weight is 380 g/mol. The third-order valence-electron chi connectivity index (χ3n) is 4.78. The molecule has 0 aliphatic carbocycles. The van der Waals surface area contributed by atoms with Crippen LogP contribution in [0, 0.1) is 6.92 Å². The zero-order valence-corrected chi connectivity index (χ0v) is 16.8. The normalized spacial score (nSPS) is 14.9. The highest BCUT2D eigenvalue weighted by Gasteiger charge is 2.24. The summed E-state index contributed by atoms with van der Waals surface area (Å²) < 4.78 is 12.7. The number of ketones is 1. The minimum absolute atomic E-state index is 0.0332. The lowest BCUT2D eigenvalue weighted by molar-refractivity contribution is -0.0831. The van der Waals surface area contributed by atoms with Crippen LogP contribution in [-0.2, 0) is 10.3 Å². The molecule has 1 aromatic carbocycles. The van der Waals surface area contributed by atoms with Gasteiger partial charge >= 0.3 is 6.01 Å². The predicted octanol–water partition coefficient (Wildman–Crippen LogP) is 3.54. The highest BCUT2D eigenvalue weighted by Crippen LogP contribution is 2.32. The smallest absolute Gasteiger partial charge is 0.316 e. The molecule has 0 spiro atoms. The van der Waals surface area contributed by atoms with Crippen molar-refractivity contribution in [2.24, 2.45) is 0 Å². The zero-order chi connectivity index (χ0) is 20.1. The van der Waals surface area contributed by atoms with Gasteiger partial charge < -0.3 is 9.47 Å². The Bertz CT molecular complexity index is 1040. The topological polar surface area (TPSA) is 79.1 Å². The number of fused-ring (bicyclic) bond motifs is 1. The standard InChI is InChI=1S/C21H24N4O3/c1-12-6-14(15-8-22-20(23-9-15)28-16-10-27-11-16)7-17-18(13(2)26)24-25(19(12)17)21(3,4)5/h6-9,16H,10-11H2,1-5H3. The number of carbonyl (C=O) groups excluding carboxylic acids is 1. The number of Topliss-reactive ketones (excluding diaryl/α,β-unsaturated/α-hetero) is 1. The van der Waals surface area contributed by atoms with Gasteiger partial charge in [0.1, 0.15) is 11.8 Å². The van der Waals surface area contributed by atoms with Gasteiger partial charge in [0, 0.05) is 30.3 Å². The molecular formula is C21H24N4O3. The van der Waals surface area contributed by atoms with Crippen LogP contribution in [0.3, 0.4) is 0 Å². The molecule has 4 rings (SSSR count). The second-order valence-corrected chi connectivity index (χ2v) is 8.21. The number of ether oxygens (including phenoxy) is 2. The monoisotopic (exact) mass is 380 g/mol. The molecule has 3 heterocycles. The van der Waals surface area contributed by atoms with E-state index in [1.807, 2.05) is 17.7 Å². The van der Waals surface area contributed by atoms with Gasteiger partial charge in [-0.25, -0.2) is 9.97 Å². The fraction of sp³-hybridized carbons (Fsp3) is 0.429. The molecule has 0 bridgehead atoms. The van der Waals surface area contributed by atoms with E-state index in [-0.39, 0.29) is 17.4 Å². The van der Waals surface area contributed by atoms with Crippen molar-refractivity contribution in [3.05, 3.63) is 35.8 Å². The fourth-order valence-corrected chi connectivity index (χ4v) is 3.31. The molecule has 0 N–H and O–H groups in total. The fourth-order valence-electron chi connectivity index (χ4n) is 3.31. The molecule has 1 aliphatic rings. The first-order chi connectivity index (χ1) is 13.2. The molecule has 0 amide bonds. The Morgan fingerprint density at radius 1 is 1.18 bits per heavy atom. The molecule has 0 unspecified atom stereocenters. The number of carbonyl (C=O) groups is 1. The van der Waals surface area contributed by atoms with Crippen molar-refractivity contribution in [1.29, 1.82) is 0 Å². The van der Waals surface area contributed by atoms with E-state index in [1.54, 1.807) is 19.3 Å². The van der Waals surface area contributed by atoms with Crippen molar-refractivity contribution in [1.82, 2.24) is 19.7 Å². The van der Waals surface area contributed by atoms with Gasteiger partial charge in [0.05, 0.1) is 24.3 Å². The molecule has 7 nitrogen and oxygen atoms in total. The summed E-state index contributed by atoms with van der Waals surface area (Å²) in [5.74, 6) is -0.0488. The Balaban J connectivity index is 1.78. The molecule has 0 radical (unpaired) electrons. The highest BCUT2D eigenvalue weighted by atomic mass is 16.6. The van der Waals surface area contributed by atoms with Crippen molar-refractivity contribution in [2.75, 3.05) is 13.2 Å². The van der Waals surface area contributed by atoms with Gasteiger partial charge in [-0.2, -0.15) is 5.10 Å². The van der Waals surface area contributed by atoms with Crippen molar-refractivity contribution in [3.8, 4) is 17.1 Å². The number of hydrogen-bond donors (Lipinski definition) is 0. The third-order valence-corrected chi connectivity index (χ3v) is 4.78. The van der Waals surface area contributed by atoms with E-state index in [4.69, 9.17) is 9.47 Å². The van der Waals surface area contributed by atoms with Crippen molar-refractivity contribution in [2.45, 2.75) is 46.3 Å². The number of aryl methyl sites for hydroxylation is 1. The van der Waals surface area contributed by atoms with Gasteiger partial charge in [0.2, 0.25) is 0 Å². The van der Waals surface area contributed by atoms with Crippen LogP contribution < -0.4 is 4.74 Å². The van der Waals surface area contributed by atoms with Gasteiger partial charge in [0.25, 0.3) is 0 Å². The van der Waals surface area contributed by atoms with Crippen molar-refractivity contribution in [3.63, 3.8) is 0 Å². The van der Waals surface area contributed by atoms with Crippen LogP contribution in [0.5, 0.6) is 6.01 Å². The van der Waals surface area contributed by atoms with Crippen LogP contribution in [0.25, 0.3) is 22.0 Å². The second-order valence-electron chi connectivity index (χ2n) is 8.21. The van der Waals surface area contributed by atoms with E-state index in [9.17, 15) is 4.79 Å². The second kappa shape index (κ2) is 6.67. The van der Waals surface area contributed by atoms with E-state index >= 15 is 0 Å². The predicted molar refractivity (Wildman–Crippen MR) is 106 cm³/mol. The Kier molecular flexibility index (Phi) is 4.42. The van der Waals surface area contributed by atoms with Crippen LogP contribution in [0.4, 0.5) is 0 Å². The maximum absolute atomic E-state index is 12.2. The average Bonchev–Trinajstić information content (AvgIpc) is 2.99. The minimum Gasteiger partial charge on any atom is -0.455 e. The SMILES string of the molecule is CC(=O)c1nn(C(C)(C)C)c2c(C)cc(-c3cnc(OC4COC4)nc3)cc12. The third kappa shape index (κ3) is 3.26. The van der Waals surface area contributed by atoms with E-state index in [2.05, 4.69) is 41.9 Å². The summed E-state index contributed by atoms with van der Waals surface area (Å²) in [6.45, 7) is 11.0. The summed E-state index contributed by atoms with van der Waals surface area (Å²) in [5, 5.41) is 5.47. The molecule has 0 saturated carbocycles. The number of hydrogen-bond acceptors (Lipinski definition) is 6. The summed E-state index contributed by atoms with van der Waals surface area (Å²) in [4.78, 5) is 20.8. The minimum atomic E-state index is -0.231. The molecule has 146 valence electrons. The molecule has 28 heavy (non-hydrogen) atoms. The van der Waals surface area contributed by atoms with Crippen LogP contribution in [0.1, 0.15) is 43.7 Å². The van der Waals surface area contributed by atoms with Gasteiger partial charge in [-0.3, -0.25) is 9.48 Å². The number of rotatable bonds is 4. The largest absolute Gasteiger partial charge is 0.455 e. The summed E-state index contributed by atoms with van der Waals surface area (Å²) in [6, 6.07) is 4.42. The Morgan fingerprint density at radius 3 is 2.39 bits per heavy atom. The van der Waals surface area contributed by atoms with E-state index in [0.29, 0.717) is 24.9 Å². The van der Waals surface area contributed by atoms with Gasteiger partial charge in [-0.1, -0.05) is 0 Å². The van der Waals surface area contributed by atoms with Crippen LogP contribution in [0.2, 0.25) is 0 Å². The zero-order valence-electron chi connectivity index (χ0n) is 16.8. The van der Waals surface area contributed by atoms with Crippen molar-refractivity contribution >= 4 is 16.7 Å². The first-order valence-corrected chi connectivity index (χ1v) is 9.35. The number of nitrogens with zero attached hydrogens (tertiary/aromatic N) is 4. The van der Waals surface area contributed by atoms with Crippen LogP contribution in [-0.4, -0.2) is 44.8 Å². The molecule has 7 heteroatoms. The molecule has 3 aromatic rings. The number of benzene rings is 1. The van der Waals surface area contributed by atoms with Crippen molar-refractivity contribution < 1.29 is 14.3 Å². The van der Waals surface area contributed by atoms with Gasteiger partial charge in [-0.05, 0) is 51.0 Å². The molecule has 2 aromatic heterocycles. The van der Waals surface area contributed by atoms with E-state index in [0.717, 1.165) is 27.6 Å². The Labute approximate surface area is 163 Å². The summed E-state index contributed by atoms with van der Waals surface area (Å²) in [7, 11) is 0. The summed E-state index contributed by atoms with van der Waals surface area (Å²) in [6.07, 6.45) is 3.51. The quantitative estimate of drug-likeness (QED) is 0.644. The van der Waals surface area contributed by atoms with Gasteiger partial charge in [0.15, 0.2) is 5.78 Å². The maximum atomic E-state index is 12.2. The van der Waals surface area contributed by atoms with Gasteiger partial charge in [-0.15, -0.1) is 0 Å². The van der Waals surface area contributed by atoms with E-state index < -0.39 is 0 Å². The van der Waals surface area contributed by atoms with Crippen LogP contribution in [0.15, 0.2) is 24.5 Å². The molecule has 1 saturated heterocycles. The Morgan fingerprint density at radius 2 is 1.86 bits per heavy atom. The molecule has 1 aliphatic heterocycles. The molecule has 1 fully saturated rings.